The van der Waals surface area contributed by atoms with Crippen LogP contribution < -0.4 is 4.72 Å². The van der Waals surface area contributed by atoms with E-state index in [2.05, 4.69) is 4.72 Å². The molecule has 0 aliphatic heterocycles. The van der Waals surface area contributed by atoms with Gasteiger partial charge in [-0.1, -0.05) is 27.7 Å². The van der Waals surface area contributed by atoms with Crippen LogP contribution in [-0.2, 0) is 14.8 Å². The van der Waals surface area contributed by atoms with E-state index in [0.29, 0.717) is 6.42 Å². The van der Waals surface area contributed by atoms with Crippen LogP contribution in [0.4, 0.5) is 0 Å². The summed E-state index contributed by atoms with van der Waals surface area (Å²) in [7, 11) is -3.50. The van der Waals surface area contributed by atoms with Gasteiger partial charge in [-0.2, -0.15) is 0 Å². The molecule has 0 spiro atoms. The van der Waals surface area contributed by atoms with Crippen molar-refractivity contribution in [1.29, 1.82) is 0 Å². The highest BCUT2D eigenvalue weighted by Gasteiger charge is 2.25. The van der Waals surface area contributed by atoms with Gasteiger partial charge >= 0.3 is 5.97 Å². The number of carboxylic acids is 1. The molecule has 5 nitrogen and oxygen atoms in total. The lowest BCUT2D eigenvalue weighted by Gasteiger charge is -2.17. The third-order valence-corrected chi connectivity index (χ3v) is 3.63. The number of rotatable bonds is 7. The molecule has 0 aromatic rings. The molecule has 16 heavy (non-hydrogen) atoms. The second-order valence-corrected chi connectivity index (χ2v) is 6.61. The molecule has 0 aromatic heterocycles. The van der Waals surface area contributed by atoms with E-state index in [4.69, 9.17) is 5.11 Å². The average molecular weight is 251 g/mol. The molecule has 0 bridgehead atoms. The van der Waals surface area contributed by atoms with E-state index in [-0.39, 0.29) is 17.6 Å². The summed E-state index contributed by atoms with van der Waals surface area (Å²) in [6.45, 7) is 7.26. The predicted octanol–water partition coefficient (Wildman–Crippen LogP) is 1.06. The van der Waals surface area contributed by atoms with Crippen LogP contribution in [0, 0.1) is 11.8 Å². The van der Waals surface area contributed by atoms with Crippen LogP contribution in [0.1, 0.15) is 34.1 Å². The number of sulfonamides is 1. The van der Waals surface area contributed by atoms with E-state index in [9.17, 15) is 13.2 Å². The molecule has 0 unspecified atom stereocenters. The summed E-state index contributed by atoms with van der Waals surface area (Å²) in [4.78, 5) is 10.9. The van der Waals surface area contributed by atoms with E-state index >= 15 is 0 Å². The Labute approximate surface area is 97.3 Å². The molecule has 96 valence electrons. The predicted molar refractivity (Wildman–Crippen MR) is 62.6 cm³/mol. The van der Waals surface area contributed by atoms with Crippen LogP contribution in [0.15, 0.2) is 0 Å². The first kappa shape index (κ1) is 15.4. The first-order valence-electron chi connectivity index (χ1n) is 5.37. The van der Waals surface area contributed by atoms with Crippen LogP contribution >= 0.6 is 0 Å². The first-order valence-corrected chi connectivity index (χ1v) is 7.02. The van der Waals surface area contributed by atoms with E-state index in [1.54, 1.807) is 13.8 Å². The third-order valence-electron chi connectivity index (χ3n) is 1.88. The number of hydrogen-bond acceptors (Lipinski definition) is 3. The van der Waals surface area contributed by atoms with Crippen molar-refractivity contribution in [3.8, 4) is 0 Å². The first-order chi connectivity index (χ1) is 7.14. The Hall–Kier alpha value is -0.620. The molecular formula is C10H21NO4S. The Morgan fingerprint density at radius 1 is 1.19 bits per heavy atom. The zero-order valence-electron chi connectivity index (χ0n) is 10.2. The summed E-state index contributed by atoms with van der Waals surface area (Å²) in [6.07, 6.45) is 0.298. The Kier molecular flexibility index (Phi) is 5.96. The fourth-order valence-corrected chi connectivity index (χ4v) is 2.98. The molecule has 0 saturated heterocycles. The van der Waals surface area contributed by atoms with Crippen LogP contribution in [-0.4, -0.2) is 31.3 Å². The highest BCUT2D eigenvalue weighted by atomic mass is 32.2. The largest absolute Gasteiger partial charge is 0.480 e. The van der Waals surface area contributed by atoms with Crippen molar-refractivity contribution in [3.05, 3.63) is 0 Å². The monoisotopic (exact) mass is 251 g/mol. The van der Waals surface area contributed by atoms with Crippen molar-refractivity contribution in [2.75, 3.05) is 5.75 Å². The van der Waals surface area contributed by atoms with Crippen LogP contribution in [0.3, 0.4) is 0 Å². The second kappa shape index (κ2) is 6.20. The zero-order chi connectivity index (χ0) is 12.9. The van der Waals surface area contributed by atoms with Gasteiger partial charge in [0.1, 0.15) is 6.04 Å². The Balaban J connectivity index is 4.57. The minimum absolute atomic E-state index is 0.0222. The lowest BCUT2D eigenvalue weighted by molar-refractivity contribution is -0.139. The maximum atomic E-state index is 11.6. The average Bonchev–Trinajstić information content (AvgIpc) is 1.98. The smallest absolute Gasteiger partial charge is 0.321 e. The summed E-state index contributed by atoms with van der Waals surface area (Å²) in [5.41, 5.74) is 0. The molecule has 0 heterocycles. The molecule has 6 heteroatoms. The third kappa shape index (κ3) is 6.79. The van der Waals surface area contributed by atoms with E-state index in [1.807, 2.05) is 13.8 Å². The summed E-state index contributed by atoms with van der Waals surface area (Å²) >= 11 is 0. The second-order valence-electron chi connectivity index (χ2n) is 4.81. The molecule has 0 aromatic carbocycles. The van der Waals surface area contributed by atoms with Gasteiger partial charge in [0.15, 0.2) is 0 Å². The quantitative estimate of drug-likeness (QED) is 0.708. The van der Waals surface area contributed by atoms with Crippen molar-refractivity contribution in [3.63, 3.8) is 0 Å². The number of nitrogens with one attached hydrogen (secondary N) is 1. The fourth-order valence-electron chi connectivity index (χ4n) is 1.37. The fraction of sp³-hybridized carbons (Fsp3) is 0.900. The van der Waals surface area contributed by atoms with Crippen molar-refractivity contribution in [1.82, 2.24) is 4.72 Å². The molecule has 0 aliphatic carbocycles. The Morgan fingerprint density at radius 3 is 2.00 bits per heavy atom. The molecule has 0 aliphatic rings. The SMILES string of the molecule is CC(C)C[C@H](NS(=O)(=O)CC(C)C)C(=O)O. The minimum atomic E-state index is -3.50. The maximum Gasteiger partial charge on any atom is 0.321 e. The van der Waals surface area contributed by atoms with Gasteiger partial charge in [0.05, 0.1) is 5.75 Å². The Bertz CT molecular complexity index is 322. The van der Waals surface area contributed by atoms with E-state index < -0.39 is 22.0 Å². The van der Waals surface area contributed by atoms with Crippen molar-refractivity contribution < 1.29 is 18.3 Å². The van der Waals surface area contributed by atoms with Gasteiger partial charge < -0.3 is 5.11 Å². The van der Waals surface area contributed by atoms with Gasteiger partial charge in [0, 0.05) is 0 Å². The summed E-state index contributed by atoms with van der Waals surface area (Å²) in [5, 5.41) is 8.89. The number of carboxylic acid groups (broad SMARTS) is 1. The minimum Gasteiger partial charge on any atom is -0.480 e. The van der Waals surface area contributed by atoms with E-state index in [1.165, 1.54) is 0 Å². The summed E-state index contributed by atoms with van der Waals surface area (Å²) < 4.78 is 25.4. The summed E-state index contributed by atoms with van der Waals surface area (Å²) in [5.74, 6) is -1.07. The van der Waals surface area contributed by atoms with Gasteiger partial charge in [0.25, 0.3) is 0 Å². The molecule has 0 rings (SSSR count). The lowest BCUT2D eigenvalue weighted by Crippen LogP contribution is -2.43. The van der Waals surface area contributed by atoms with Gasteiger partial charge in [-0.15, -0.1) is 0 Å². The van der Waals surface area contributed by atoms with Crippen LogP contribution in [0.2, 0.25) is 0 Å². The van der Waals surface area contributed by atoms with E-state index in [0.717, 1.165) is 0 Å². The number of aliphatic carboxylic acids is 1. The highest BCUT2D eigenvalue weighted by molar-refractivity contribution is 7.89. The van der Waals surface area contributed by atoms with Gasteiger partial charge in [-0.25, -0.2) is 13.1 Å². The molecular weight excluding hydrogens is 230 g/mol. The topological polar surface area (TPSA) is 83.5 Å². The van der Waals surface area contributed by atoms with Crippen molar-refractivity contribution in [2.24, 2.45) is 11.8 Å². The summed E-state index contributed by atoms with van der Waals surface area (Å²) in [6, 6.07) is -1.02. The molecule has 0 radical (unpaired) electrons. The van der Waals surface area contributed by atoms with Crippen molar-refractivity contribution in [2.45, 2.75) is 40.2 Å². The maximum absolute atomic E-state index is 11.6. The number of carbonyl (C=O) groups is 1. The highest BCUT2D eigenvalue weighted by Crippen LogP contribution is 2.07. The molecule has 0 fully saturated rings. The van der Waals surface area contributed by atoms with Gasteiger partial charge in [0.2, 0.25) is 10.0 Å². The Morgan fingerprint density at radius 2 is 1.69 bits per heavy atom. The van der Waals surface area contributed by atoms with Gasteiger partial charge in [-0.05, 0) is 18.3 Å². The normalized spacial score (nSPS) is 14.4. The standard InChI is InChI=1S/C10H21NO4S/c1-7(2)5-9(10(12)13)11-16(14,15)6-8(3)4/h7-9,11H,5-6H2,1-4H3,(H,12,13)/t9-/m0/s1. The van der Waals surface area contributed by atoms with Gasteiger partial charge in [-0.3, -0.25) is 4.79 Å². The molecule has 0 saturated carbocycles. The van der Waals surface area contributed by atoms with Crippen molar-refractivity contribution >= 4 is 16.0 Å². The molecule has 0 amide bonds. The van der Waals surface area contributed by atoms with Crippen LogP contribution in [0.25, 0.3) is 0 Å². The lowest BCUT2D eigenvalue weighted by atomic mass is 10.1. The molecule has 2 N–H and O–H groups in total. The van der Waals surface area contributed by atoms with Crippen LogP contribution in [0.5, 0.6) is 0 Å². The zero-order valence-corrected chi connectivity index (χ0v) is 11.0. The number of hydrogen-bond donors (Lipinski definition) is 2. The molecule has 1 atom stereocenters.